The van der Waals surface area contributed by atoms with Crippen molar-refractivity contribution in [3.8, 4) is 16.9 Å². The number of benzene rings is 2. The highest BCUT2D eigenvalue weighted by molar-refractivity contribution is 5.92. The minimum Gasteiger partial charge on any atom is -0.497 e. The summed E-state index contributed by atoms with van der Waals surface area (Å²) in [5.41, 5.74) is 10.1. The Morgan fingerprint density at radius 3 is 2.68 bits per heavy atom. The van der Waals surface area contributed by atoms with Crippen LogP contribution in [0, 0.1) is 0 Å². The number of anilines is 1. The van der Waals surface area contributed by atoms with E-state index in [1.165, 1.54) is 0 Å². The van der Waals surface area contributed by atoms with Crippen LogP contribution in [0.1, 0.15) is 5.56 Å². The number of hydrogen-bond donors (Lipinski definition) is 2. The Kier molecular flexibility index (Phi) is 4.99. The van der Waals surface area contributed by atoms with Gasteiger partial charge < -0.3 is 15.8 Å². The molecule has 6 nitrogen and oxygen atoms in total. The van der Waals surface area contributed by atoms with Crippen LogP contribution in [0.15, 0.2) is 65.9 Å². The molecule has 128 valence electrons. The smallest absolute Gasteiger partial charge is 0.193 e. The molecule has 0 saturated heterocycles. The standard InChI is InChI=1S/C19H21N5O/c1-24-13-16(12-22-24)15-5-3-4-14(10-15)11-21-19(20)23-17-6-8-18(25-2)9-7-17/h3-10,12-13H,11H2,1-2H3,(H3,20,21,23). The van der Waals surface area contributed by atoms with Gasteiger partial charge in [0.05, 0.1) is 19.9 Å². The quantitative estimate of drug-likeness (QED) is 0.555. The summed E-state index contributed by atoms with van der Waals surface area (Å²) in [5.74, 6) is 1.17. The van der Waals surface area contributed by atoms with Gasteiger partial charge >= 0.3 is 0 Å². The predicted octanol–water partition coefficient (Wildman–Crippen LogP) is 3.02. The molecule has 0 bridgehead atoms. The van der Waals surface area contributed by atoms with E-state index in [0.717, 1.165) is 28.1 Å². The molecule has 3 rings (SSSR count). The third-order valence-corrected chi connectivity index (χ3v) is 3.76. The number of aromatic nitrogens is 2. The SMILES string of the molecule is COc1ccc(NC(N)=NCc2cccc(-c3cnn(C)c3)c2)cc1. The summed E-state index contributed by atoms with van der Waals surface area (Å²) in [6.07, 6.45) is 3.84. The van der Waals surface area contributed by atoms with Crippen LogP contribution in [0.4, 0.5) is 5.69 Å². The topological polar surface area (TPSA) is 77.5 Å². The summed E-state index contributed by atoms with van der Waals surface area (Å²) >= 11 is 0. The highest BCUT2D eigenvalue weighted by Gasteiger charge is 2.02. The second-order valence-corrected chi connectivity index (χ2v) is 5.66. The highest BCUT2D eigenvalue weighted by atomic mass is 16.5. The summed E-state index contributed by atoms with van der Waals surface area (Å²) < 4.78 is 6.92. The first-order chi connectivity index (χ1) is 12.1. The van der Waals surface area contributed by atoms with Crippen molar-refractivity contribution in [3.05, 3.63) is 66.5 Å². The molecule has 0 atom stereocenters. The first-order valence-corrected chi connectivity index (χ1v) is 7.93. The van der Waals surface area contributed by atoms with Crippen molar-refractivity contribution in [2.24, 2.45) is 17.8 Å². The van der Waals surface area contributed by atoms with Gasteiger partial charge in [0.25, 0.3) is 0 Å². The van der Waals surface area contributed by atoms with Crippen LogP contribution >= 0.6 is 0 Å². The lowest BCUT2D eigenvalue weighted by atomic mass is 10.1. The number of nitrogens with one attached hydrogen (secondary N) is 1. The second-order valence-electron chi connectivity index (χ2n) is 5.66. The molecule has 0 spiro atoms. The molecule has 1 aromatic heterocycles. The summed E-state index contributed by atoms with van der Waals surface area (Å²) in [6, 6.07) is 15.7. The number of hydrogen-bond acceptors (Lipinski definition) is 3. The van der Waals surface area contributed by atoms with Crippen LogP contribution in [-0.4, -0.2) is 22.8 Å². The highest BCUT2D eigenvalue weighted by Crippen LogP contribution is 2.20. The van der Waals surface area contributed by atoms with Crippen LogP contribution < -0.4 is 15.8 Å². The van der Waals surface area contributed by atoms with Crippen molar-refractivity contribution in [3.63, 3.8) is 0 Å². The number of nitrogens with two attached hydrogens (primary N) is 1. The summed E-state index contributed by atoms with van der Waals surface area (Å²) in [4.78, 5) is 4.40. The van der Waals surface area contributed by atoms with Gasteiger partial charge in [0, 0.05) is 24.5 Å². The van der Waals surface area contributed by atoms with E-state index in [0.29, 0.717) is 12.5 Å². The van der Waals surface area contributed by atoms with E-state index in [2.05, 4.69) is 27.5 Å². The maximum absolute atomic E-state index is 5.97. The Labute approximate surface area is 147 Å². The first-order valence-electron chi connectivity index (χ1n) is 7.93. The maximum Gasteiger partial charge on any atom is 0.193 e. The molecule has 0 radical (unpaired) electrons. The zero-order valence-electron chi connectivity index (χ0n) is 14.3. The summed E-state index contributed by atoms with van der Waals surface area (Å²) in [5, 5.41) is 7.28. The number of ether oxygens (including phenoxy) is 1. The molecule has 6 heteroatoms. The minimum absolute atomic E-state index is 0.372. The molecule has 0 aliphatic rings. The number of rotatable bonds is 5. The Balaban J connectivity index is 1.66. The molecule has 3 aromatic rings. The molecule has 1 heterocycles. The molecule has 2 aromatic carbocycles. The number of methoxy groups -OCH3 is 1. The van der Waals surface area contributed by atoms with Gasteiger partial charge in [-0.1, -0.05) is 18.2 Å². The Morgan fingerprint density at radius 1 is 1.20 bits per heavy atom. The Hall–Kier alpha value is -3.28. The van der Waals surface area contributed by atoms with E-state index in [4.69, 9.17) is 10.5 Å². The first kappa shape index (κ1) is 16.6. The normalized spacial score (nSPS) is 11.4. The minimum atomic E-state index is 0.372. The Bertz CT molecular complexity index is 868. The van der Waals surface area contributed by atoms with Crippen molar-refractivity contribution in [2.75, 3.05) is 12.4 Å². The average molecular weight is 335 g/mol. The van der Waals surface area contributed by atoms with Gasteiger partial charge in [-0.25, -0.2) is 4.99 Å². The van der Waals surface area contributed by atoms with Gasteiger partial charge in [-0.2, -0.15) is 5.10 Å². The zero-order valence-corrected chi connectivity index (χ0v) is 14.3. The van der Waals surface area contributed by atoms with Gasteiger partial charge in [0.15, 0.2) is 5.96 Å². The van der Waals surface area contributed by atoms with Crippen molar-refractivity contribution >= 4 is 11.6 Å². The summed E-state index contributed by atoms with van der Waals surface area (Å²) in [7, 11) is 3.54. The molecule has 0 saturated carbocycles. The molecular formula is C19H21N5O. The third kappa shape index (κ3) is 4.38. The van der Waals surface area contributed by atoms with Gasteiger partial charge in [-0.05, 0) is 41.5 Å². The zero-order chi connectivity index (χ0) is 17.6. The molecule has 0 amide bonds. The lowest BCUT2D eigenvalue weighted by Crippen LogP contribution is -2.22. The molecule has 0 unspecified atom stereocenters. The van der Waals surface area contributed by atoms with Crippen LogP contribution in [0.2, 0.25) is 0 Å². The van der Waals surface area contributed by atoms with Crippen molar-refractivity contribution in [1.29, 1.82) is 0 Å². The Morgan fingerprint density at radius 2 is 2.00 bits per heavy atom. The summed E-state index contributed by atoms with van der Waals surface area (Å²) in [6.45, 7) is 0.503. The number of aryl methyl sites for hydroxylation is 1. The fourth-order valence-corrected chi connectivity index (χ4v) is 2.46. The molecule has 0 fully saturated rings. The number of aliphatic imine (C=N–C) groups is 1. The van der Waals surface area contributed by atoms with Gasteiger partial charge in [0.2, 0.25) is 0 Å². The van der Waals surface area contributed by atoms with Gasteiger partial charge in [-0.15, -0.1) is 0 Å². The predicted molar refractivity (Wildman–Crippen MR) is 101 cm³/mol. The maximum atomic E-state index is 5.97. The van der Waals surface area contributed by atoms with E-state index in [-0.39, 0.29) is 0 Å². The number of guanidine groups is 1. The average Bonchev–Trinajstić information content (AvgIpc) is 3.07. The van der Waals surface area contributed by atoms with Gasteiger partial charge in [0.1, 0.15) is 5.75 Å². The third-order valence-electron chi connectivity index (χ3n) is 3.76. The van der Waals surface area contributed by atoms with E-state index < -0.39 is 0 Å². The van der Waals surface area contributed by atoms with Crippen molar-refractivity contribution in [1.82, 2.24) is 9.78 Å². The number of nitrogens with zero attached hydrogens (tertiary/aromatic N) is 3. The van der Waals surface area contributed by atoms with E-state index in [1.807, 2.05) is 55.8 Å². The van der Waals surface area contributed by atoms with Gasteiger partial charge in [-0.3, -0.25) is 4.68 Å². The fourth-order valence-electron chi connectivity index (χ4n) is 2.46. The molecule has 0 aliphatic heterocycles. The van der Waals surface area contributed by atoms with Crippen molar-refractivity contribution in [2.45, 2.75) is 6.54 Å². The monoisotopic (exact) mass is 335 g/mol. The largest absolute Gasteiger partial charge is 0.497 e. The van der Waals surface area contributed by atoms with Crippen LogP contribution in [0.25, 0.3) is 11.1 Å². The molecular weight excluding hydrogens is 314 g/mol. The van der Waals surface area contributed by atoms with Crippen LogP contribution in [-0.2, 0) is 13.6 Å². The van der Waals surface area contributed by atoms with E-state index in [9.17, 15) is 0 Å². The van der Waals surface area contributed by atoms with Crippen LogP contribution in [0.5, 0.6) is 5.75 Å². The fraction of sp³-hybridized carbons (Fsp3) is 0.158. The van der Waals surface area contributed by atoms with E-state index >= 15 is 0 Å². The lowest BCUT2D eigenvalue weighted by Gasteiger charge is -2.07. The lowest BCUT2D eigenvalue weighted by molar-refractivity contribution is 0.415. The van der Waals surface area contributed by atoms with E-state index in [1.54, 1.807) is 11.8 Å². The molecule has 25 heavy (non-hydrogen) atoms. The second kappa shape index (κ2) is 7.53. The van der Waals surface area contributed by atoms with Crippen LogP contribution in [0.3, 0.4) is 0 Å². The molecule has 0 aliphatic carbocycles. The van der Waals surface area contributed by atoms with Crippen molar-refractivity contribution < 1.29 is 4.74 Å². The molecule has 3 N–H and O–H groups in total.